The second-order valence-electron chi connectivity index (χ2n) is 6.32. The second-order valence-corrected chi connectivity index (χ2v) is 6.72. The highest BCUT2D eigenvalue weighted by molar-refractivity contribution is 6.34. The molecule has 5 atom stereocenters. The molecule has 1 aromatic rings. The molecule has 5 nitrogen and oxygen atoms in total. The van der Waals surface area contributed by atoms with Gasteiger partial charge in [-0.05, 0) is 18.6 Å². The molecular weight excluding hydrogens is 330 g/mol. The number of carbonyl (C=O) groups is 2. The first-order valence-electron chi connectivity index (χ1n) is 7.78. The van der Waals surface area contributed by atoms with E-state index in [2.05, 4.69) is 6.58 Å². The van der Waals surface area contributed by atoms with Gasteiger partial charge < -0.3 is 19.5 Å². The molecule has 1 amide bonds. The van der Waals surface area contributed by atoms with Crippen molar-refractivity contribution >= 4 is 29.2 Å². The molecule has 0 N–H and O–H groups in total. The number of carboxylic acid groups (broad SMARTS) is 1. The van der Waals surface area contributed by atoms with Crippen LogP contribution in [0.25, 0.3) is 0 Å². The molecule has 124 valence electrons. The smallest absolute Gasteiger partial charge is 0.234 e. The third-order valence-corrected chi connectivity index (χ3v) is 5.52. The van der Waals surface area contributed by atoms with Crippen LogP contribution in [-0.4, -0.2) is 29.6 Å². The first-order valence-corrected chi connectivity index (χ1v) is 8.15. The van der Waals surface area contributed by atoms with Crippen molar-refractivity contribution in [2.75, 3.05) is 4.90 Å². The predicted molar refractivity (Wildman–Crippen MR) is 86.3 cm³/mol. The molecule has 1 aromatic carbocycles. The summed E-state index contributed by atoms with van der Waals surface area (Å²) in [5.74, 6) is -3.35. The first-order chi connectivity index (χ1) is 11.5. The number of carbonyl (C=O) groups excluding carboxylic acids is 2. The summed E-state index contributed by atoms with van der Waals surface area (Å²) >= 11 is 6.28. The molecule has 0 radical (unpaired) electrons. The molecule has 3 aliphatic rings. The van der Waals surface area contributed by atoms with Crippen molar-refractivity contribution in [3.63, 3.8) is 0 Å². The normalized spacial score (nSPS) is 36.2. The third-order valence-electron chi connectivity index (χ3n) is 5.20. The number of aliphatic carboxylic acids is 1. The van der Waals surface area contributed by atoms with Crippen LogP contribution in [0.15, 0.2) is 49.1 Å². The van der Waals surface area contributed by atoms with Crippen LogP contribution in [0.2, 0.25) is 5.02 Å². The number of hydrogen-bond donors (Lipinski definition) is 0. The van der Waals surface area contributed by atoms with E-state index in [0.29, 0.717) is 17.1 Å². The Hall–Kier alpha value is -2.11. The van der Waals surface area contributed by atoms with Crippen molar-refractivity contribution < 1.29 is 19.4 Å². The van der Waals surface area contributed by atoms with Gasteiger partial charge in [0.1, 0.15) is 5.60 Å². The number of fused-ring (bicyclic) bond motifs is 1. The van der Waals surface area contributed by atoms with E-state index in [9.17, 15) is 14.7 Å². The monoisotopic (exact) mass is 344 g/mol. The van der Waals surface area contributed by atoms with Crippen LogP contribution in [0.3, 0.4) is 0 Å². The van der Waals surface area contributed by atoms with Gasteiger partial charge in [0.25, 0.3) is 0 Å². The van der Waals surface area contributed by atoms with Gasteiger partial charge in [0.2, 0.25) is 5.91 Å². The average molecular weight is 345 g/mol. The van der Waals surface area contributed by atoms with Crippen LogP contribution >= 0.6 is 11.6 Å². The summed E-state index contributed by atoms with van der Waals surface area (Å²) in [6.07, 6.45) is 5.09. The van der Waals surface area contributed by atoms with E-state index in [1.165, 1.54) is 0 Å². The van der Waals surface area contributed by atoms with Crippen molar-refractivity contribution in [2.45, 2.75) is 24.2 Å². The highest BCUT2D eigenvalue weighted by atomic mass is 35.5. The molecule has 6 heteroatoms. The Morgan fingerprint density at radius 3 is 2.88 bits per heavy atom. The zero-order valence-corrected chi connectivity index (χ0v) is 13.5. The summed E-state index contributed by atoms with van der Waals surface area (Å²) in [5, 5.41) is 12.0. The van der Waals surface area contributed by atoms with Gasteiger partial charge >= 0.3 is 0 Å². The summed E-state index contributed by atoms with van der Waals surface area (Å²) in [5.41, 5.74) is -0.419. The summed E-state index contributed by atoms with van der Waals surface area (Å²) in [6.45, 7) is 3.77. The van der Waals surface area contributed by atoms with Crippen molar-refractivity contribution in [1.29, 1.82) is 0 Å². The summed E-state index contributed by atoms with van der Waals surface area (Å²) in [7, 11) is 0. The molecule has 2 bridgehead atoms. The zero-order valence-electron chi connectivity index (χ0n) is 12.7. The van der Waals surface area contributed by atoms with Gasteiger partial charge in [-0.25, -0.2) is 0 Å². The Labute approximate surface area is 144 Å². The lowest BCUT2D eigenvalue weighted by Gasteiger charge is -2.33. The van der Waals surface area contributed by atoms with E-state index < -0.39 is 35.6 Å². The van der Waals surface area contributed by atoms with Crippen LogP contribution in [-0.2, 0) is 14.3 Å². The van der Waals surface area contributed by atoms with Gasteiger partial charge in [-0.3, -0.25) is 4.79 Å². The number of hydrogen-bond acceptors (Lipinski definition) is 4. The van der Waals surface area contributed by atoms with Crippen molar-refractivity contribution in [1.82, 2.24) is 0 Å². The molecule has 1 spiro atoms. The van der Waals surface area contributed by atoms with Crippen molar-refractivity contribution in [2.24, 2.45) is 11.8 Å². The van der Waals surface area contributed by atoms with Crippen LogP contribution in [0.5, 0.6) is 0 Å². The number of amides is 1. The van der Waals surface area contributed by atoms with E-state index in [1.807, 2.05) is 6.08 Å². The topological polar surface area (TPSA) is 69.7 Å². The zero-order chi connectivity index (χ0) is 17.1. The van der Waals surface area contributed by atoms with Gasteiger partial charge in [-0.2, -0.15) is 0 Å². The van der Waals surface area contributed by atoms with Gasteiger partial charge in [-0.1, -0.05) is 42.0 Å². The lowest BCUT2D eigenvalue weighted by molar-refractivity contribution is -0.313. The fourth-order valence-electron chi connectivity index (χ4n) is 4.30. The molecule has 2 fully saturated rings. The Kier molecular flexibility index (Phi) is 3.34. The number of rotatable bonds is 4. The van der Waals surface area contributed by atoms with E-state index in [1.54, 1.807) is 41.3 Å². The van der Waals surface area contributed by atoms with Crippen LogP contribution in [0.4, 0.5) is 5.69 Å². The lowest BCUT2D eigenvalue weighted by Crippen LogP contribution is -2.46. The van der Waals surface area contributed by atoms with Gasteiger partial charge in [0.05, 0.1) is 28.8 Å². The summed E-state index contributed by atoms with van der Waals surface area (Å²) < 4.78 is 6.00. The highest BCUT2D eigenvalue weighted by Crippen LogP contribution is 2.56. The minimum atomic E-state index is -1.26. The van der Waals surface area contributed by atoms with E-state index in [4.69, 9.17) is 16.3 Å². The molecule has 2 saturated heterocycles. The maximum atomic E-state index is 13.2. The number of benzene rings is 1. The first kappa shape index (κ1) is 15.4. The average Bonchev–Trinajstić information content (AvgIpc) is 3.18. The summed E-state index contributed by atoms with van der Waals surface area (Å²) in [6, 6.07) is 6.62. The van der Waals surface area contributed by atoms with E-state index in [0.717, 1.165) is 0 Å². The number of halogens is 1. The standard InChI is InChI=1S/C18H16ClNO4/c1-2-5-13-18-9-8-12(24-18)14(17(22)23)15(18)16(21)20(13)11-7-4-3-6-10(11)19/h2-4,6-9,12-15H,1,5H2,(H,22,23)/p-1/t12-,13-,14+,15+,18+/m0/s1. The highest BCUT2D eigenvalue weighted by Gasteiger charge is 2.69. The van der Waals surface area contributed by atoms with Gasteiger partial charge in [-0.15, -0.1) is 6.58 Å². The Balaban J connectivity index is 1.87. The SMILES string of the molecule is C=CC[C@@H]1N(c2ccccc2Cl)C(=O)[C@H]2[C@H](C(=O)[O-])[C@@H]3C=C[C@@]12O3. The molecule has 4 rings (SSSR count). The Morgan fingerprint density at radius 2 is 2.21 bits per heavy atom. The van der Waals surface area contributed by atoms with E-state index in [-0.39, 0.29) is 5.91 Å². The number of anilines is 1. The fourth-order valence-corrected chi connectivity index (χ4v) is 4.53. The minimum absolute atomic E-state index is 0.295. The van der Waals surface area contributed by atoms with Crippen molar-refractivity contribution in [3.05, 3.63) is 54.1 Å². The Morgan fingerprint density at radius 1 is 1.46 bits per heavy atom. The minimum Gasteiger partial charge on any atom is -0.550 e. The molecule has 3 aliphatic heterocycles. The molecule has 0 aliphatic carbocycles. The maximum Gasteiger partial charge on any atom is 0.234 e. The molecular formula is C18H15ClNO4-. The predicted octanol–water partition coefficient (Wildman–Crippen LogP) is 1.32. The Bertz CT molecular complexity index is 776. The third kappa shape index (κ3) is 1.79. The molecule has 3 heterocycles. The number of nitrogens with zero attached hydrogens (tertiary/aromatic N) is 1. The number of para-hydroxylation sites is 1. The van der Waals surface area contributed by atoms with Crippen molar-refractivity contribution in [3.8, 4) is 0 Å². The van der Waals surface area contributed by atoms with Crippen LogP contribution in [0, 0.1) is 11.8 Å². The lowest BCUT2D eigenvalue weighted by atomic mass is 9.74. The molecule has 0 unspecified atom stereocenters. The van der Waals surface area contributed by atoms with E-state index >= 15 is 0 Å². The summed E-state index contributed by atoms with van der Waals surface area (Å²) in [4.78, 5) is 26.3. The van der Waals surface area contributed by atoms with Crippen LogP contribution < -0.4 is 10.0 Å². The van der Waals surface area contributed by atoms with Crippen LogP contribution in [0.1, 0.15) is 6.42 Å². The molecule has 0 saturated carbocycles. The number of ether oxygens (including phenoxy) is 1. The van der Waals surface area contributed by atoms with Gasteiger partial charge in [0.15, 0.2) is 0 Å². The number of carboxylic acids is 1. The second kappa shape index (κ2) is 5.19. The van der Waals surface area contributed by atoms with Gasteiger partial charge in [0, 0.05) is 11.9 Å². The maximum absolute atomic E-state index is 13.2. The fraction of sp³-hybridized carbons (Fsp3) is 0.333. The molecule has 24 heavy (non-hydrogen) atoms. The largest absolute Gasteiger partial charge is 0.550 e. The quantitative estimate of drug-likeness (QED) is 0.772. The molecule has 0 aromatic heterocycles.